The van der Waals surface area contributed by atoms with Crippen LogP contribution in [0.25, 0.3) is 6.08 Å². The average Bonchev–Trinajstić information content (AvgIpc) is 2.96. The second-order valence-electron chi connectivity index (χ2n) is 10.4. The Balaban J connectivity index is 1.90. The summed E-state index contributed by atoms with van der Waals surface area (Å²) in [6.45, 7) is 4.43. The zero-order chi connectivity index (χ0) is 29.8. The molecule has 2 aromatic carbocycles. The zero-order valence-electron chi connectivity index (χ0n) is 24.1. The number of amides is 2. The Morgan fingerprint density at radius 3 is 2.39 bits per heavy atom. The fourth-order valence-corrected chi connectivity index (χ4v) is 5.40. The van der Waals surface area contributed by atoms with Crippen molar-refractivity contribution in [3.63, 3.8) is 0 Å². The molecule has 1 heterocycles. The van der Waals surface area contributed by atoms with Gasteiger partial charge in [-0.05, 0) is 49.3 Å². The molecule has 0 saturated carbocycles. The van der Waals surface area contributed by atoms with Crippen molar-refractivity contribution < 1.29 is 32.3 Å². The number of carbonyl (C=O) groups excluding carboxylic acids is 2. The number of rotatable bonds is 14. The van der Waals surface area contributed by atoms with Crippen LogP contribution in [0, 0.1) is 17.8 Å². The van der Waals surface area contributed by atoms with E-state index in [1.807, 2.05) is 56.3 Å². The molecule has 2 N–H and O–H groups in total. The Bertz CT molecular complexity index is 1260. The summed E-state index contributed by atoms with van der Waals surface area (Å²) >= 11 is 0. The number of nitrogens with one attached hydrogen (secondary N) is 2. The van der Waals surface area contributed by atoms with Crippen molar-refractivity contribution in [1.29, 1.82) is 0 Å². The number of hydrogen-bond acceptors (Lipinski definition) is 7. The first-order chi connectivity index (χ1) is 19.6. The third kappa shape index (κ3) is 9.87. The van der Waals surface area contributed by atoms with Gasteiger partial charge in [0.05, 0.1) is 25.2 Å². The van der Waals surface area contributed by atoms with Gasteiger partial charge in [0.2, 0.25) is 21.8 Å². The molecule has 2 amide bonds. The maximum Gasteiger partial charge on any atom is 0.249 e. The highest BCUT2D eigenvalue weighted by Crippen LogP contribution is 2.30. The highest BCUT2D eigenvalue weighted by Gasteiger charge is 2.36. The Kier molecular flexibility index (Phi) is 12.2. The number of ether oxygens (including phenoxy) is 2. The fraction of sp³-hybridized carbons (Fsp3) is 0.467. The number of hydrazine groups is 1. The smallest absolute Gasteiger partial charge is 0.249 e. The maximum atomic E-state index is 13.9. The molecule has 1 aliphatic rings. The minimum atomic E-state index is -3.97. The molecule has 11 heteroatoms. The first-order valence-corrected chi connectivity index (χ1v) is 15.7. The first kappa shape index (κ1) is 32.1. The number of methoxy groups -OCH3 is 1. The summed E-state index contributed by atoms with van der Waals surface area (Å²) in [5.41, 5.74) is 6.17. The van der Waals surface area contributed by atoms with Crippen LogP contribution in [0.1, 0.15) is 51.5 Å². The lowest BCUT2D eigenvalue weighted by atomic mass is 9.82. The Hall–Kier alpha value is -3.41. The molecule has 1 unspecified atom stereocenters. The van der Waals surface area contributed by atoms with E-state index in [9.17, 15) is 18.0 Å². The summed E-state index contributed by atoms with van der Waals surface area (Å²) in [6, 6.07) is 16.1. The van der Waals surface area contributed by atoms with Gasteiger partial charge in [-0.1, -0.05) is 68.5 Å². The molecular weight excluding hydrogens is 546 g/mol. The van der Waals surface area contributed by atoms with Crippen molar-refractivity contribution in [1.82, 2.24) is 10.9 Å². The Morgan fingerprint density at radius 1 is 1.05 bits per heavy atom. The first-order valence-electron chi connectivity index (χ1n) is 13.8. The third-order valence-corrected chi connectivity index (χ3v) is 7.61. The van der Waals surface area contributed by atoms with Gasteiger partial charge in [-0.25, -0.2) is 18.7 Å². The standard InChI is InChI=1S/C30H41N3O7S/c1-22(2)21-25(29(34)31-33(41(4,36)37)26-17-8-9-18-27(26)38-3)24(16-12-15-23-13-6-5-7-14-23)30(35)32-40-28-19-10-11-20-39-28/h5-9,12-15,17-18,22,24-25,28H,10-11,16,19-21H2,1-4H3,(H,31,34)(H,32,35)/t24-,25+,28?/m0/s1. The number of para-hydroxylation sites is 2. The van der Waals surface area contributed by atoms with Crippen molar-refractivity contribution in [2.24, 2.45) is 17.8 Å². The number of nitrogens with zero attached hydrogens (tertiary/aromatic N) is 1. The molecule has 1 aliphatic heterocycles. The minimum absolute atomic E-state index is 0.0275. The SMILES string of the molecule is COc1ccccc1N(NC(=O)[C@H](CC(C)C)[C@H](CC=Cc1ccccc1)C(=O)NOC1CCCCO1)S(C)(=O)=O. The molecule has 0 radical (unpaired) electrons. The van der Waals surface area contributed by atoms with E-state index in [1.54, 1.807) is 18.2 Å². The van der Waals surface area contributed by atoms with E-state index in [-0.39, 0.29) is 23.8 Å². The normalized spacial score (nSPS) is 17.1. The lowest BCUT2D eigenvalue weighted by Gasteiger charge is -2.31. The Labute approximate surface area is 243 Å². The molecule has 1 saturated heterocycles. The molecule has 3 atom stereocenters. The fourth-order valence-electron chi connectivity index (χ4n) is 4.64. The molecular formula is C30H41N3O7S. The van der Waals surface area contributed by atoms with Gasteiger partial charge in [-0.3, -0.25) is 15.0 Å². The van der Waals surface area contributed by atoms with Crippen molar-refractivity contribution >= 4 is 33.6 Å². The number of carbonyl (C=O) groups is 2. The number of hydrogen-bond donors (Lipinski definition) is 2. The number of anilines is 1. The van der Waals surface area contributed by atoms with Gasteiger partial charge in [0.1, 0.15) is 11.4 Å². The molecule has 3 rings (SSSR count). The summed E-state index contributed by atoms with van der Waals surface area (Å²) in [4.78, 5) is 33.0. The summed E-state index contributed by atoms with van der Waals surface area (Å²) in [5.74, 6) is -2.55. The van der Waals surface area contributed by atoms with Gasteiger partial charge >= 0.3 is 0 Å². The van der Waals surface area contributed by atoms with Crippen LogP contribution >= 0.6 is 0 Å². The largest absolute Gasteiger partial charge is 0.494 e. The van der Waals surface area contributed by atoms with Gasteiger partial charge < -0.3 is 9.47 Å². The van der Waals surface area contributed by atoms with E-state index in [4.69, 9.17) is 14.3 Å². The molecule has 10 nitrogen and oxygen atoms in total. The zero-order valence-corrected chi connectivity index (χ0v) is 24.9. The quantitative estimate of drug-likeness (QED) is 0.313. The van der Waals surface area contributed by atoms with Crippen molar-refractivity contribution in [2.45, 2.75) is 52.2 Å². The molecule has 0 aromatic heterocycles. The van der Waals surface area contributed by atoms with Crippen LogP contribution in [0.5, 0.6) is 5.75 Å². The van der Waals surface area contributed by atoms with E-state index in [0.717, 1.165) is 29.1 Å². The predicted octanol–water partition coefficient (Wildman–Crippen LogP) is 4.45. The lowest BCUT2D eigenvalue weighted by Crippen LogP contribution is -2.51. The van der Waals surface area contributed by atoms with Crippen LogP contribution < -0.4 is 20.1 Å². The maximum absolute atomic E-state index is 13.9. The van der Waals surface area contributed by atoms with Gasteiger partial charge in [-0.2, -0.15) is 4.41 Å². The number of allylic oxidation sites excluding steroid dienone is 1. The molecule has 0 aliphatic carbocycles. The highest BCUT2D eigenvalue weighted by molar-refractivity contribution is 7.92. The van der Waals surface area contributed by atoms with Crippen molar-refractivity contribution in [3.05, 3.63) is 66.2 Å². The summed E-state index contributed by atoms with van der Waals surface area (Å²) < 4.78 is 37.3. The highest BCUT2D eigenvalue weighted by atomic mass is 32.2. The minimum Gasteiger partial charge on any atom is -0.494 e. The number of benzene rings is 2. The van der Waals surface area contributed by atoms with E-state index in [1.165, 1.54) is 13.2 Å². The summed E-state index contributed by atoms with van der Waals surface area (Å²) in [6.07, 6.45) is 7.20. The molecule has 2 aromatic rings. The molecule has 1 fully saturated rings. The topological polar surface area (TPSA) is 123 Å². The number of sulfonamides is 1. The molecule has 41 heavy (non-hydrogen) atoms. The van der Waals surface area contributed by atoms with Crippen LogP contribution in [0.15, 0.2) is 60.7 Å². The van der Waals surface area contributed by atoms with Gasteiger partial charge in [-0.15, -0.1) is 0 Å². The number of hydroxylamine groups is 1. The van der Waals surface area contributed by atoms with E-state index in [2.05, 4.69) is 10.9 Å². The molecule has 0 spiro atoms. The Morgan fingerprint density at radius 2 is 1.76 bits per heavy atom. The van der Waals surface area contributed by atoms with Crippen molar-refractivity contribution in [3.8, 4) is 5.75 Å². The van der Waals surface area contributed by atoms with Gasteiger partial charge in [0.15, 0.2) is 6.29 Å². The van der Waals surface area contributed by atoms with Crippen LogP contribution in [0.2, 0.25) is 0 Å². The van der Waals surface area contributed by atoms with Crippen LogP contribution in [0.4, 0.5) is 5.69 Å². The second kappa shape index (κ2) is 15.6. The lowest BCUT2D eigenvalue weighted by molar-refractivity contribution is -0.203. The molecule has 224 valence electrons. The van der Waals surface area contributed by atoms with Gasteiger partial charge in [0, 0.05) is 13.0 Å². The van der Waals surface area contributed by atoms with Crippen LogP contribution in [-0.4, -0.2) is 46.5 Å². The third-order valence-electron chi connectivity index (χ3n) is 6.66. The summed E-state index contributed by atoms with van der Waals surface area (Å²) in [5, 5.41) is 0. The van der Waals surface area contributed by atoms with E-state index >= 15 is 0 Å². The van der Waals surface area contributed by atoms with Crippen molar-refractivity contribution in [2.75, 3.05) is 24.4 Å². The molecule has 0 bridgehead atoms. The summed E-state index contributed by atoms with van der Waals surface area (Å²) in [7, 11) is -2.55. The van der Waals surface area contributed by atoms with E-state index in [0.29, 0.717) is 19.4 Å². The average molecular weight is 588 g/mol. The second-order valence-corrected chi connectivity index (χ2v) is 12.3. The predicted molar refractivity (Wildman–Crippen MR) is 158 cm³/mol. The monoisotopic (exact) mass is 587 g/mol. The van der Waals surface area contributed by atoms with Crippen LogP contribution in [-0.2, 0) is 29.2 Å². The van der Waals surface area contributed by atoms with Crippen LogP contribution in [0.3, 0.4) is 0 Å². The van der Waals surface area contributed by atoms with Gasteiger partial charge in [0.25, 0.3) is 0 Å². The van der Waals surface area contributed by atoms with E-state index < -0.39 is 40.0 Å².